The van der Waals surface area contributed by atoms with Crippen molar-refractivity contribution < 1.29 is 17.2 Å². The first-order valence-corrected chi connectivity index (χ1v) is 10.7. The van der Waals surface area contributed by atoms with Crippen LogP contribution in [0.2, 0.25) is 0 Å². The second kappa shape index (κ2) is 10.9. The Hall–Kier alpha value is -1.75. The maximum absolute atomic E-state index is 13.9. The van der Waals surface area contributed by atoms with Crippen molar-refractivity contribution in [1.82, 2.24) is 10.6 Å². The number of aliphatic imine (C=N–C) groups is 1. The van der Waals surface area contributed by atoms with E-state index in [0.29, 0.717) is 35.1 Å². The zero-order valence-electron chi connectivity index (χ0n) is 16.8. The molecule has 0 aliphatic heterocycles. The summed E-state index contributed by atoms with van der Waals surface area (Å²) >= 11 is 0. The summed E-state index contributed by atoms with van der Waals surface area (Å²) < 4.78 is 50.3. The molecule has 0 aliphatic carbocycles. The summed E-state index contributed by atoms with van der Waals surface area (Å²) in [4.78, 5) is 4.44. The maximum atomic E-state index is 13.9. The number of aryl methyl sites for hydroxylation is 1. The topological polar surface area (TPSA) is 70.6 Å². The molecule has 0 saturated heterocycles. The monoisotopic (exact) mass is 537 g/mol. The minimum atomic E-state index is -3.25. The molecule has 29 heavy (non-hydrogen) atoms. The van der Waals surface area contributed by atoms with E-state index < -0.39 is 21.5 Å². The van der Waals surface area contributed by atoms with Crippen LogP contribution in [0.15, 0.2) is 46.3 Å². The number of hydrogen-bond acceptors (Lipinski definition) is 3. The van der Waals surface area contributed by atoms with Gasteiger partial charge in [-0.1, -0.05) is 25.1 Å². The van der Waals surface area contributed by atoms with Crippen LogP contribution in [0.3, 0.4) is 0 Å². The Morgan fingerprint density at radius 1 is 1.14 bits per heavy atom. The van der Waals surface area contributed by atoms with Gasteiger partial charge in [-0.3, -0.25) is 4.99 Å². The molecule has 9 heteroatoms. The van der Waals surface area contributed by atoms with E-state index in [4.69, 9.17) is 0 Å². The summed E-state index contributed by atoms with van der Waals surface area (Å²) in [6, 6.07) is 8.72. The lowest BCUT2D eigenvalue weighted by Gasteiger charge is -2.17. The number of nitrogens with one attached hydrogen (secondary N) is 2. The fourth-order valence-electron chi connectivity index (χ4n) is 2.90. The van der Waals surface area contributed by atoms with Crippen LogP contribution in [-0.4, -0.2) is 34.2 Å². The van der Waals surface area contributed by atoms with Gasteiger partial charge in [0.2, 0.25) is 0 Å². The molecule has 1 atom stereocenters. The SMILES string of the molecule is CN=C(NCc1ccc(S(C)(=O)=O)c(C)c1)NCC(C)c1ccc(F)cc1F.I. The maximum Gasteiger partial charge on any atom is 0.191 e. The summed E-state index contributed by atoms with van der Waals surface area (Å²) in [6.07, 6.45) is 1.18. The van der Waals surface area contributed by atoms with Crippen LogP contribution in [0.5, 0.6) is 0 Å². The summed E-state index contributed by atoms with van der Waals surface area (Å²) in [5, 5.41) is 6.25. The quantitative estimate of drug-likeness (QED) is 0.335. The molecule has 0 heterocycles. The van der Waals surface area contributed by atoms with E-state index >= 15 is 0 Å². The molecule has 0 bridgehead atoms. The molecular formula is C20H26F2IN3O2S. The molecular weight excluding hydrogens is 511 g/mol. The number of rotatable bonds is 6. The third-order valence-corrected chi connectivity index (χ3v) is 5.65. The van der Waals surface area contributed by atoms with E-state index in [9.17, 15) is 17.2 Å². The minimum absolute atomic E-state index is 0. The second-order valence-electron chi connectivity index (χ2n) is 6.75. The summed E-state index contributed by atoms with van der Waals surface area (Å²) in [6.45, 7) is 4.45. The van der Waals surface area contributed by atoms with Gasteiger partial charge in [0.25, 0.3) is 0 Å². The molecule has 1 unspecified atom stereocenters. The van der Waals surface area contributed by atoms with Crippen LogP contribution in [0.1, 0.15) is 29.5 Å². The molecule has 2 aromatic carbocycles. The zero-order valence-corrected chi connectivity index (χ0v) is 19.9. The number of sulfone groups is 1. The molecule has 0 aromatic heterocycles. The van der Waals surface area contributed by atoms with Gasteiger partial charge in [0.05, 0.1) is 4.90 Å². The average molecular weight is 537 g/mol. The molecule has 2 aromatic rings. The second-order valence-corrected chi connectivity index (χ2v) is 8.73. The van der Waals surface area contributed by atoms with Gasteiger partial charge in [-0.15, -0.1) is 24.0 Å². The highest BCUT2D eigenvalue weighted by molar-refractivity contribution is 14.0. The van der Waals surface area contributed by atoms with E-state index in [-0.39, 0.29) is 29.9 Å². The lowest BCUT2D eigenvalue weighted by Crippen LogP contribution is -2.38. The van der Waals surface area contributed by atoms with E-state index in [0.717, 1.165) is 11.6 Å². The van der Waals surface area contributed by atoms with Crippen LogP contribution in [-0.2, 0) is 16.4 Å². The highest BCUT2D eigenvalue weighted by Gasteiger charge is 2.13. The van der Waals surface area contributed by atoms with Crippen molar-refractivity contribution in [2.75, 3.05) is 19.8 Å². The third kappa shape index (κ3) is 7.22. The third-order valence-electron chi connectivity index (χ3n) is 4.39. The molecule has 160 valence electrons. The Morgan fingerprint density at radius 3 is 2.38 bits per heavy atom. The van der Waals surface area contributed by atoms with Gasteiger partial charge < -0.3 is 10.6 Å². The van der Waals surface area contributed by atoms with Gasteiger partial charge >= 0.3 is 0 Å². The fourth-order valence-corrected chi connectivity index (χ4v) is 3.86. The highest BCUT2D eigenvalue weighted by Crippen LogP contribution is 2.19. The van der Waals surface area contributed by atoms with Crippen molar-refractivity contribution in [2.45, 2.75) is 31.2 Å². The van der Waals surface area contributed by atoms with Gasteiger partial charge in [-0.05, 0) is 35.7 Å². The van der Waals surface area contributed by atoms with Crippen molar-refractivity contribution in [3.05, 3.63) is 64.7 Å². The van der Waals surface area contributed by atoms with Crippen LogP contribution in [0, 0.1) is 18.6 Å². The minimum Gasteiger partial charge on any atom is -0.356 e. The van der Waals surface area contributed by atoms with Gasteiger partial charge in [-0.2, -0.15) is 0 Å². The van der Waals surface area contributed by atoms with Crippen molar-refractivity contribution >= 4 is 39.8 Å². The molecule has 0 fully saturated rings. The number of benzene rings is 2. The molecule has 0 saturated carbocycles. The predicted octanol–water partition coefficient (Wildman–Crippen LogP) is 3.76. The Kier molecular flexibility index (Phi) is 9.47. The normalized spacial score (nSPS) is 12.8. The number of nitrogens with zero attached hydrogens (tertiary/aromatic N) is 1. The molecule has 0 radical (unpaired) electrons. The van der Waals surface area contributed by atoms with Crippen molar-refractivity contribution in [3.8, 4) is 0 Å². The van der Waals surface area contributed by atoms with Gasteiger partial charge in [0, 0.05) is 38.4 Å². The first-order chi connectivity index (χ1) is 13.1. The van der Waals surface area contributed by atoms with Gasteiger partial charge in [0.15, 0.2) is 15.8 Å². The van der Waals surface area contributed by atoms with E-state index in [1.807, 2.05) is 13.0 Å². The first kappa shape index (κ1) is 25.3. The molecule has 5 nitrogen and oxygen atoms in total. The molecule has 2 rings (SSSR count). The predicted molar refractivity (Wildman–Crippen MR) is 123 cm³/mol. The number of halogens is 3. The Bertz CT molecular complexity index is 982. The Balaban J connectivity index is 0.00000420. The largest absolute Gasteiger partial charge is 0.356 e. The van der Waals surface area contributed by atoms with Crippen molar-refractivity contribution in [1.29, 1.82) is 0 Å². The first-order valence-electron chi connectivity index (χ1n) is 8.81. The van der Waals surface area contributed by atoms with E-state index in [2.05, 4.69) is 15.6 Å². The Morgan fingerprint density at radius 2 is 1.83 bits per heavy atom. The van der Waals surface area contributed by atoms with E-state index in [1.54, 1.807) is 26.1 Å². The smallest absolute Gasteiger partial charge is 0.191 e. The van der Waals surface area contributed by atoms with Crippen LogP contribution >= 0.6 is 24.0 Å². The van der Waals surface area contributed by atoms with E-state index in [1.165, 1.54) is 18.4 Å². The number of hydrogen-bond donors (Lipinski definition) is 2. The molecule has 2 N–H and O–H groups in total. The summed E-state index contributed by atoms with van der Waals surface area (Å²) in [5.74, 6) is -0.829. The standard InChI is InChI=1S/C20H25F2N3O2S.HI/c1-13-9-15(5-8-19(13)28(4,26)27)12-25-20(23-3)24-11-14(2)17-7-6-16(21)10-18(17)22;/h5-10,14H,11-12H2,1-4H3,(H2,23,24,25);1H. The lowest BCUT2D eigenvalue weighted by atomic mass is 10.0. The van der Waals surface area contributed by atoms with Gasteiger partial charge in [0.1, 0.15) is 11.6 Å². The fraction of sp³-hybridized carbons (Fsp3) is 0.350. The Labute approximate surface area is 188 Å². The van der Waals surface area contributed by atoms with Crippen LogP contribution in [0.4, 0.5) is 8.78 Å². The molecule has 0 aliphatic rings. The summed E-state index contributed by atoms with van der Waals surface area (Å²) in [7, 11) is -1.63. The average Bonchev–Trinajstić information content (AvgIpc) is 2.60. The number of guanidine groups is 1. The molecule has 0 amide bonds. The van der Waals surface area contributed by atoms with Crippen molar-refractivity contribution in [2.24, 2.45) is 4.99 Å². The highest BCUT2D eigenvalue weighted by atomic mass is 127. The molecule has 0 spiro atoms. The van der Waals surface area contributed by atoms with Crippen molar-refractivity contribution in [3.63, 3.8) is 0 Å². The van der Waals surface area contributed by atoms with Crippen LogP contribution < -0.4 is 10.6 Å². The summed E-state index contributed by atoms with van der Waals surface area (Å²) in [5.41, 5.74) is 2.02. The zero-order chi connectivity index (χ0) is 20.9. The van der Waals surface area contributed by atoms with Gasteiger partial charge in [-0.25, -0.2) is 17.2 Å². The van der Waals surface area contributed by atoms with Crippen LogP contribution in [0.25, 0.3) is 0 Å². The lowest BCUT2D eigenvalue weighted by molar-refractivity contribution is 0.556.